The average Bonchev–Trinajstić information content (AvgIpc) is 2.90. The number of rotatable bonds is 6. The van der Waals surface area contributed by atoms with Gasteiger partial charge in [0.05, 0.1) is 41.6 Å². The van der Waals surface area contributed by atoms with Crippen LogP contribution in [0, 0.1) is 5.92 Å². The number of nitrogens with two attached hydrogens (primary N) is 1. The fourth-order valence-electron chi connectivity index (χ4n) is 5.87. The maximum atomic E-state index is 13.9. The van der Waals surface area contributed by atoms with E-state index in [0.717, 1.165) is 0 Å². The molecule has 0 bridgehead atoms. The molecule has 41 heavy (non-hydrogen) atoms. The van der Waals surface area contributed by atoms with Gasteiger partial charge in [-0.15, -0.1) is 0 Å². The molecule has 0 radical (unpaired) electrons. The first-order valence-corrected chi connectivity index (χ1v) is 13.7. The van der Waals surface area contributed by atoms with Crippen molar-refractivity contribution in [2.75, 3.05) is 6.61 Å². The van der Waals surface area contributed by atoms with E-state index in [9.17, 15) is 34.8 Å². The number of aliphatic hydroxyl groups excluding tert-OH is 1. The lowest BCUT2D eigenvalue weighted by atomic mass is 9.72. The maximum absolute atomic E-state index is 13.9. The van der Waals surface area contributed by atoms with Crippen LogP contribution < -0.4 is 10.5 Å². The van der Waals surface area contributed by atoms with Gasteiger partial charge in [-0.2, -0.15) is 0 Å². The Hall–Kier alpha value is -3.35. The third-order valence-electron chi connectivity index (χ3n) is 8.15. The Bertz CT molecular complexity index is 1420. The highest BCUT2D eigenvalue weighted by Crippen LogP contribution is 2.52. The number of ketones is 3. The minimum Gasteiger partial charge on any atom is -0.507 e. The number of fused-ring (bicyclic) bond motifs is 3. The van der Waals surface area contributed by atoms with Gasteiger partial charge in [-0.25, -0.2) is 0 Å². The molecule has 0 amide bonds. The Morgan fingerprint density at radius 1 is 1.15 bits per heavy atom. The van der Waals surface area contributed by atoms with Crippen molar-refractivity contribution in [2.45, 2.75) is 83.2 Å². The predicted molar refractivity (Wildman–Crippen MR) is 144 cm³/mol. The third-order valence-corrected chi connectivity index (χ3v) is 8.15. The highest BCUT2D eigenvalue weighted by atomic mass is 16.7. The number of hydrogen-bond acceptors (Lipinski definition) is 11. The smallest absolute Gasteiger partial charge is 0.202 e. The fraction of sp³-hybridized carbons (Fsp3) is 0.500. The molecular weight excluding hydrogens is 534 g/mol. The number of Topliss-reactive ketones (excluding diaryl/α,β-unsaturated/α-hetero) is 1. The van der Waals surface area contributed by atoms with Crippen LogP contribution in [-0.4, -0.2) is 74.5 Å². The molecule has 1 heterocycles. The summed E-state index contributed by atoms with van der Waals surface area (Å²) in [5.74, 6) is -2.95. The van der Waals surface area contributed by atoms with Crippen LogP contribution in [0.1, 0.15) is 89.6 Å². The van der Waals surface area contributed by atoms with Gasteiger partial charge in [0.1, 0.15) is 22.8 Å². The molecule has 11 nitrogen and oxygen atoms in total. The van der Waals surface area contributed by atoms with E-state index >= 15 is 0 Å². The molecule has 220 valence electrons. The molecule has 11 heteroatoms. The Morgan fingerprint density at radius 3 is 2.46 bits per heavy atom. The summed E-state index contributed by atoms with van der Waals surface area (Å²) in [5.41, 5.74) is 3.07. The molecule has 6 N–H and O–H groups in total. The molecule has 0 aromatic heterocycles. The minimum atomic E-state index is -2.00. The molecule has 2 aliphatic carbocycles. The molecule has 1 fully saturated rings. The summed E-state index contributed by atoms with van der Waals surface area (Å²) in [6, 6.07) is 3.87. The van der Waals surface area contributed by atoms with Crippen LogP contribution in [0.3, 0.4) is 0 Å². The third kappa shape index (κ3) is 4.81. The predicted octanol–water partition coefficient (Wildman–Crippen LogP) is 2.06. The van der Waals surface area contributed by atoms with Crippen molar-refractivity contribution in [1.29, 1.82) is 0 Å². The fourth-order valence-corrected chi connectivity index (χ4v) is 5.87. The Balaban J connectivity index is 1.65. The number of phenolic OH excluding ortho intramolecular Hbond substituents is 2. The Labute approximate surface area is 236 Å². The highest BCUT2D eigenvalue weighted by molar-refractivity contribution is 6.31. The first-order chi connectivity index (χ1) is 19.2. The van der Waals surface area contributed by atoms with Crippen LogP contribution in [0.5, 0.6) is 17.2 Å². The van der Waals surface area contributed by atoms with Gasteiger partial charge in [-0.05, 0) is 25.8 Å². The molecule has 2 aromatic rings. The minimum absolute atomic E-state index is 0.000911. The lowest BCUT2D eigenvalue weighted by Crippen LogP contribution is -2.52. The molecular formula is C30H35NO10. The van der Waals surface area contributed by atoms with Crippen molar-refractivity contribution in [1.82, 2.24) is 0 Å². The molecule has 0 saturated carbocycles. The van der Waals surface area contributed by atoms with Gasteiger partial charge in [-0.3, -0.25) is 14.4 Å². The summed E-state index contributed by atoms with van der Waals surface area (Å²) in [5, 5.41) is 44.5. The second kappa shape index (κ2) is 10.5. The number of benzene rings is 2. The Morgan fingerprint density at radius 2 is 1.83 bits per heavy atom. The number of phenols is 2. The van der Waals surface area contributed by atoms with E-state index in [1.807, 2.05) is 13.8 Å². The SMILES string of the molecule is CC(=O)[C@]1(O)Cc2c(O)c3c(c(O)c2[C@@H](OC2CC(N)C(O)C(C)O2)C1)C(=O)c1c(OCC(C)C)cccc1C3=O. The van der Waals surface area contributed by atoms with Crippen LogP contribution in [0.15, 0.2) is 18.2 Å². The normalized spacial score (nSPS) is 29.1. The second-order valence-electron chi connectivity index (χ2n) is 11.6. The molecule has 1 aliphatic heterocycles. The summed E-state index contributed by atoms with van der Waals surface area (Å²) >= 11 is 0. The molecule has 6 atom stereocenters. The lowest BCUT2D eigenvalue weighted by molar-refractivity contribution is -0.247. The second-order valence-corrected chi connectivity index (χ2v) is 11.6. The van der Waals surface area contributed by atoms with E-state index < -0.39 is 82.6 Å². The van der Waals surface area contributed by atoms with Crippen LogP contribution in [0.2, 0.25) is 0 Å². The molecule has 3 aliphatic rings. The zero-order valence-electron chi connectivity index (χ0n) is 23.3. The molecule has 0 spiro atoms. The van der Waals surface area contributed by atoms with Crippen molar-refractivity contribution >= 4 is 17.3 Å². The lowest BCUT2D eigenvalue weighted by Gasteiger charge is -2.42. The van der Waals surface area contributed by atoms with Gasteiger partial charge in [-0.1, -0.05) is 26.0 Å². The van der Waals surface area contributed by atoms with E-state index in [1.54, 1.807) is 19.1 Å². The number of carbonyl (C=O) groups excluding carboxylic acids is 3. The standard InChI is InChI=1S/C30H35NO10/c1-12(2)11-39-18-7-5-6-15-21(18)28(36)24-23(26(15)34)27(35)16-9-30(38,14(4)32)10-19(22(16)29(24)37)41-20-8-17(31)25(33)13(3)40-20/h5-7,12-13,17,19-20,25,33,35,37-38H,8-11,31H2,1-4H3/t13?,17?,19-,20?,25?,30-/m0/s1. The Kier molecular flexibility index (Phi) is 7.46. The molecule has 2 aromatic carbocycles. The van der Waals surface area contributed by atoms with Gasteiger partial charge in [0.25, 0.3) is 0 Å². The van der Waals surface area contributed by atoms with Gasteiger partial charge in [0.15, 0.2) is 17.9 Å². The van der Waals surface area contributed by atoms with Gasteiger partial charge in [0.2, 0.25) is 5.78 Å². The van der Waals surface area contributed by atoms with Crippen LogP contribution >= 0.6 is 0 Å². The number of ether oxygens (including phenoxy) is 3. The summed E-state index contributed by atoms with van der Waals surface area (Å²) < 4.78 is 17.7. The van der Waals surface area contributed by atoms with Crippen molar-refractivity contribution in [3.8, 4) is 17.2 Å². The first-order valence-electron chi connectivity index (χ1n) is 13.7. The number of hydrogen-bond donors (Lipinski definition) is 5. The summed E-state index contributed by atoms with van der Waals surface area (Å²) in [6.07, 6.45) is -4.55. The van der Waals surface area contributed by atoms with E-state index in [-0.39, 0.29) is 53.4 Å². The van der Waals surface area contributed by atoms with E-state index in [2.05, 4.69) is 0 Å². The van der Waals surface area contributed by atoms with Crippen molar-refractivity contribution < 1.29 is 49.0 Å². The van der Waals surface area contributed by atoms with E-state index in [1.165, 1.54) is 13.0 Å². The van der Waals surface area contributed by atoms with Gasteiger partial charge in [0, 0.05) is 42.0 Å². The highest BCUT2D eigenvalue weighted by Gasteiger charge is 2.49. The van der Waals surface area contributed by atoms with Crippen LogP contribution in [0.4, 0.5) is 0 Å². The van der Waals surface area contributed by atoms with Crippen LogP contribution in [-0.2, 0) is 20.7 Å². The summed E-state index contributed by atoms with van der Waals surface area (Å²) in [6.45, 7) is 6.94. The number of aliphatic hydroxyl groups is 2. The number of aromatic hydroxyl groups is 2. The molecule has 4 unspecified atom stereocenters. The largest absolute Gasteiger partial charge is 0.507 e. The monoisotopic (exact) mass is 569 g/mol. The average molecular weight is 570 g/mol. The summed E-state index contributed by atoms with van der Waals surface area (Å²) in [4.78, 5) is 40.2. The number of carbonyl (C=O) groups is 3. The molecule has 1 saturated heterocycles. The maximum Gasteiger partial charge on any atom is 0.202 e. The zero-order chi connectivity index (χ0) is 30.0. The topological polar surface area (TPSA) is 186 Å². The van der Waals surface area contributed by atoms with Crippen molar-refractivity contribution in [3.05, 3.63) is 51.6 Å². The van der Waals surface area contributed by atoms with Crippen LogP contribution in [0.25, 0.3) is 0 Å². The van der Waals surface area contributed by atoms with Crippen molar-refractivity contribution in [2.24, 2.45) is 11.7 Å². The first kappa shape index (κ1) is 29.2. The quantitative estimate of drug-likeness (QED) is 0.274. The van der Waals surface area contributed by atoms with E-state index in [4.69, 9.17) is 19.9 Å². The van der Waals surface area contributed by atoms with E-state index in [0.29, 0.717) is 0 Å². The van der Waals surface area contributed by atoms with Crippen molar-refractivity contribution in [3.63, 3.8) is 0 Å². The zero-order valence-corrected chi connectivity index (χ0v) is 23.3. The van der Waals surface area contributed by atoms with Gasteiger partial charge < -0.3 is 40.4 Å². The molecule has 5 rings (SSSR count). The van der Waals surface area contributed by atoms with Gasteiger partial charge >= 0.3 is 0 Å². The summed E-state index contributed by atoms with van der Waals surface area (Å²) in [7, 11) is 0.